The van der Waals surface area contributed by atoms with Gasteiger partial charge in [-0.25, -0.2) is 4.68 Å². The lowest BCUT2D eigenvalue weighted by atomic mass is 10.3. The first-order chi connectivity index (χ1) is 8.81. The summed E-state index contributed by atoms with van der Waals surface area (Å²) in [5.74, 6) is 0. The van der Waals surface area contributed by atoms with E-state index in [1.54, 1.807) is 4.68 Å². The molecule has 0 amide bonds. The molecule has 90 valence electrons. The van der Waals surface area contributed by atoms with E-state index in [9.17, 15) is 4.79 Å². The Morgan fingerprint density at radius 2 is 2.00 bits per heavy atom. The van der Waals surface area contributed by atoms with Gasteiger partial charge in [0, 0.05) is 0 Å². The largest absolute Gasteiger partial charge is 0.282 e. The van der Waals surface area contributed by atoms with Crippen LogP contribution in [-0.2, 0) is 6.00 Å². The van der Waals surface area contributed by atoms with E-state index in [0.29, 0.717) is 11.0 Å². The molecule has 3 rings (SSSR count). The molecule has 7 heteroatoms. The number of halogens is 1. The smallest absolute Gasteiger partial charge is 0.267 e. The van der Waals surface area contributed by atoms with E-state index in [4.69, 9.17) is 11.6 Å². The number of fused-ring (bicyclic) bond motifs is 1. The molecule has 0 spiro atoms. The number of para-hydroxylation sites is 1. The number of alkyl halides is 1. The molecule has 2 aromatic heterocycles. The summed E-state index contributed by atoms with van der Waals surface area (Å²) in [5, 5.41) is 12.3. The van der Waals surface area contributed by atoms with Crippen molar-refractivity contribution in [3.8, 4) is 5.69 Å². The number of aromatic nitrogens is 5. The van der Waals surface area contributed by atoms with E-state index in [-0.39, 0.29) is 11.6 Å². The molecule has 0 aliphatic carbocycles. The van der Waals surface area contributed by atoms with Crippen molar-refractivity contribution >= 4 is 22.6 Å². The van der Waals surface area contributed by atoms with E-state index in [2.05, 4.69) is 15.4 Å². The zero-order chi connectivity index (χ0) is 12.5. The molecular formula is C11H8ClN5O. The van der Waals surface area contributed by atoms with E-state index in [0.717, 1.165) is 10.4 Å². The Kier molecular flexibility index (Phi) is 2.56. The highest BCUT2D eigenvalue weighted by Gasteiger charge is 2.11. The van der Waals surface area contributed by atoms with Crippen molar-refractivity contribution in [3.05, 3.63) is 46.9 Å². The second-order valence-corrected chi connectivity index (χ2v) is 3.88. The van der Waals surface area contributed by atoms with Crippen LogP contribution < -0.4 is 5.56 Å². The molecule has 0 N–H and O–H groups in total. The third kappa shape index (κ3) is 1.58. The number of hydrogen-bond acceptors (Lipinski definition) is 4. The fourth-order valence-corrected chi connectivity index (χ4v) is 1.86. The molecule has 0 bridgehead atoms. The average molecular weight is 262 g/mol. The highest BCUT2D eigenvalue weighted by atomic mass is 35.5. The second kappa shape index (κ2) is 4.23. The van der Waals surface area contributed by atoms with Crippen molar-refractivity contribution in [1.29, 1.82) is 0 Å². The summed E-state index contributed by atoms with van der Waals surface area (Å²) in [4.78, 5) is 11.9. The van der Waals surface area contributed by atoms with Crippen LogP contribution in [0.5, 0.6) is 0 Å². The number of benzene rings is 1. The normalized spacial score (nSPS) is 10.9. The first kappa shape index (κ1) is 10.9. The summed E-state index contributed by atoms with van der Waals surface area (Å²) in [6.45, 7) is 0. The molecule has 0 aliphatic heterocycles. The van der Waals surface area contributed by atoms with Crippen LogP contribution in [0.2, 0.25) is 0 Å². The minimum atomic E-state index is -0.294. The van der Waals surface area contributed by atoms with Gasteiger partial charge in [0.05, 0.1) is 11.9 Å². The maximum Gasteiger partial charge on any atom is 0.282 e. The summed E-state index contributed by atoms with van der Waals surface area (Å²) >= 11 is 5.59. The number of hydrogen-bond donors (Lipinski definition) is 0. The average Bonchev–Trinajstić information content (AvgIpc) is 2.85. The fraction of sp³-hybridized carbons (Fsp3) is 0.0909. The van der Waals surface area contributed by atoms with Gasteiger partial charge < -0.3 is 0 Å². The lowest BCUT2D eigenvalue weighted by molar-refractivity contribution is 0.636. The molecule has 0 atom stereocenters. The Hall–Kier alpha value is -2.21. The van der Waals surface area contributed by atoms with Gasteiger partial charge in [0.25, 0.3) is 5.56 Å². The minimum absolute atomic E-state index is 0.0295. The zero-order valence-electron chi connectivity index (χ0n) is 9.19. The number of rotatable bonds is 2. The third-order valence-electron chi connectivity index (χ3n) is 2.57. The monoisotopic (exact) mass is 261 g/mol. The summed E-state index contributed by atoms with van der Waals surface area (Å²) < 4.78 is 2.66. The molecule has 0 aliphatic rings. The first-order valence-electron chi connectivity index (χ1n) is 5.24. The standard InChI is InChI=1S/C11H8ClN5O/c12-7-16-11(18)9-6-13-17(10(9)14-15-16)8-4-2-1-3-5-8/h1-6H,7H2. The predicted molar refractivity (Wildman–Crippen MR) is 66.8 cm³/mol. The van der Waals surface area contributed by atoms with Gasteiger partial charge in [-0.05, 0) is 12.1 Å². The van der Waals surface area contributed by atoms with Gasteiger partial charge in [-0.3, -0.25) is 4.79 Å². The Bertz CT molecular complexity index is 749. The van der Waals surface area contributed by atoms with Gasteiger partial charge in [-0.1, -0.05) is 23.4 Å². The molecule has 0 unspecified atom stereocenters. The quantitative estimate of drug-likeness (QED) is 0.650. The van der Waals surface area contributed by atoms with Crippen LogP contribution in [0.3, 0.4) is 0 Å². The molecule has 0 saturated heterocycles. The molecule has 0 radical (unpaired) electrons. The minimum Gasteiger partial charge on any atom is -0.267 e. The van der Waals surface area contributed by atoms with Gasteiger partial charge >= 0.3 is 0 Å². The van der Waals surface area contributed by atoms with Crippen molar-refractivity contribution in [2.75, 3.05) is 0 Å². The molecular weight excluding hydrogens is 254 g/mol. The topological polar surface area (TPSA) is 65.6 Å². The lowest BCUT2D eigenvalue weighted by Gasteiger charge is -2.02. The van der Waals surface area contributed by atoms with Gasteiger partial charge in [-0.15, -0.1) is 16.7 Å². The highest BCUT2D eigenvalue weighted by molar-refractivity contribution is 6.15. The molecule has 0 fully saturated rings. The van der Waals surface area contributed by atoms with E-state index in [1.165, 1.54) is 6.20 Å². The van der Waals surface area contributed by atoms with Crippen molar-refractivity contribution < 1.29 is 0 Å². The Morgan fingerprint density at radius 1 is 1.22 bits per heavy atom. The van der Waals surface area contributed by atoms with Gasteiger partial charge in [0.2, 0.25) is 0 Å². The van der Waals surface area contributed by atoms with Gasteiger partial charge in [-0.2, -0.15) is 9.78 Å². The van der Waals surface area contributed by atoms with Gasteiger partial charge in [0.1, 0.15) is 11.4 Å². The van der Waals surface area contributed by atoms with Crippen molar-refractivity contribution in [1.82, 2.24) is 24.8 Å². The fourth-order valence-electron chi connectivity index (χ4n) is 1.70. The van der Waals surface area contributed by atoms with E-state index in [1.807, 2.05) is 30.3 Å². The summed E-state index contributed by atoms with van der Waals surface area (Å²) in [6, 6.07) is 9.40. The SMILES string of the molecule is O=c1c2cnn(-c3ccccc3)c2nnn1CCl. The molecule has 6 nitrogen and oxygen atoms in total. The number of nitrogens with zero attached hydrogens (tertiary/aromatic N) is 5. The second-order valence-electron chi connectivity index (χ2n) is 3.64. The van der Waals surface area contributed by atoms with Crippen LogP contribution >= 0.6 is 11.6 Å². The van der Waals surface area contributed by atoms with E-state index < -0.39 is 0 Å². The Balaban J connectivity index is 2.29. The van der Waals surface area contributed by atoms with Crippen LogP contribution in [0.1, 0.15) is 0 Å². The maximum absolute atomic E-state index is 11.9. The molecule has 18 heavy (non-hydrogen) atoms. The molecule has 3 aromatic rings. The zero-order valence-corrected chi connectivity index (χ0v) is 9.95. The van der Waals surface area contributed by atoms with Crippen molar-refractivity contribution in [2.24, 2.45) is 0 Å². The predicted octanol–water partition coefficient (Wildman–Crippen LogP) is 1.17. The van der Waals surface area contributed by atoms with E-state index >= 15 is 0 Å². The van der Waals surface area contributed by atoms with Crippen LogP contribution in [0.25, 0.3) is 16.7 Å². The summed E-state index contributed by atoms with van der Waals surface area (Å²) in [6.07, 6.45) is 1.47. The highest BCUT2D eigenvalue weighted by Crippen LogP contribution is 2.12. The maximum atomic E-state index is 11.9. The Labute approximate surface area is 106 Å². The van der Waals surface area contributed by atoms with Crippen molar-refractivity contribution in [3.63, 3.8) is 0 Å². The van der Waals surface area contributed by atoms with Crippen molar-refractivity contribution in [2.45, 2.75) is 6.00 Å². The molecule has 1 aromatic carbocycles. The third-order valence-corrected chi connectivity index (χ3v) is 2.80. The van der Waals surface area contributed by atoms with Gasteiger partial charge in [0.15, 0.2) is 5.65 Å². The summed E-state index contributed by atoms with van der Waals surface area (Å²) in [5.41, 5.74) is 0.953. The van der Waals surface area contributed by atoms with Crippen LogP contribution in [0, 0.1) is 0 Å². The molecule has 2 heterocycles. The van der Waals surface area contributed by atoms with Crippen LogP contribution in [-0.4, -0.2) is 24.8 Å². The molecule has 0 saturated carbocycles. The summed E-state index contributed by atoms with van der Waals surface area (Å²) in [7, 11) is 0. The van der Waals surface area contributed by atoms with Crippen LogP contribution in [0.4, 0.5) is 0 Å². The van der Waals surface area contributed by atoms with Crippen LogP contribution in [0.15, 0.2) is 41.3 Å². The first-order valence-corrected chi connectivity index (χ1v) is 5.77. The lowest BCUT2D eigenvalue weighted by Crippen LogP contribution is -2.22. The Morgan fingerprint density at radius 3 is 2.72 bits per heavy atom.